The van der Waals surface area contributed by atoms with Crippen LogP contribution in [0.15, 0.2) is 0 Å². The molecule has 1 aliphatic rings. The van der Waals surface area contributed by atoms with E-state index in [0.29, 0.717) is 6.54 Å². The molecule has 10 heavy (non-hydrogen) atoms. The molecule has 0 aromatic rings. The van der Waals surface area contributed by atoms with Gasteiger partial charge in [0.15, 0.2) is 0 Å². The van der Waals surface area contributed by atoms with Crippen molar-refractivity contribution in [2.24, 2.45) is 5.73 Å². The molecule has 2 N–H and O–H groups in total. The summed E-state index contributed by atoms with van der Waals surface area (Å²) in [6, 6.07) is -0.220. The van der Waals surface area contributed by atoms with Gasteiger partial charge in [0.25, 0.3) is 0 Å². The van der Waals surface area contributed by atoms with Crippen molar-refractivity contribution in [3.63, 3.8) is 0 Å². The van der Waals surface area contributed by atoms with Crippen molar-refractivity contribution in [3.05, 3.63) is 0 Å². The van der Waals surface area contributed by atoms with Gasteiger partial charge in [-0.25, -0.2) is 4.39 Å². The van der Waals surface area contributed by atoms with Gasteiger partial charge in [0.2, 0.25) is 0 Å². The first-order valence-corrected chi connectivity index (χ1v) is 3.86. The molecule has 1 rings (SSSR count). The molecule has 3 heteroatoms. The van der Waals surface area contributed by atoms with Crippen LogP contribution in [0.5, 0.6) is 0 Å². The van der Waals surface area contributed by atoms with Crippen LogP contribution in [0.4, 0.5) is 4.39 Å². The first-order valence-electron chi connectivity index (χ1n) is 3.86. The van der Waals surface area contributed by atoms with Crippen LogP contribution in [-0.2, 0) is 0 Å². The third kappa shape index (κ3) is 1.67. The summed E-state index contributed by atoms with van der Waals surface area (Å²) in [6.07, 6.45) is -0.0108. The molecule has 60 valence electrons. The molecule has 2 nitrogen and oxygen atoms in total. The molecule has 0 bridgehead atoms. The van der Waals surface area contributed by atoms with E-state index in [1.165, 1.54) is 0 Å². The van der Waals surface area contributed by atoms with E-state index in [0.717, 1.165) is 19.5 Å². The zero-order valence-corrected chi connectivity index (χ0v) is 6.39. The molecule has 0 spiro atoms. The summed E-state index contributed by atoms with van der Waals surface area (Å²) in [5.74, 6) is 0. The van der Waals surface area contributed by atoms with Gasteiger partial charge >= 0.3 is 0 Å². The fourth-order valence-electron chi connectivity index (χ4n) is 1.27. The van der Waals surface area contributed by atoms with Crippen LogP contribution in [0, 0.1) is 0 Å². The average Bonchev–Trinajstić information content (AvgIpc) is 1.95. The van der Waals surface area contributed by atoms with E-state index in [2.05, 4.69) is 4.90 Å². The van der Waals surface area contributed by atoms with Crippen molar-refractivity contribution in [3.8, 4) is 0 Å². The lowest BCUT2D eigenvalue weighted by molar-refractivity contribution is 0.124. The van der Waals surface area contributed by atoms with Gasteiger partial charge in [-0.1, -0.05) is 6.92 Å². The molecule has 1 heterocycles. The van der Waals surface area contributed by atoms with Gasteiger partial charge in [-0.3, -0.25) is 0 Å². The second-order valence-electron chi connectivity index (χ2n) is 2.86. The maximum Gasteiger partial charge on any atom is 0.128 e. The molecular formula is C7H15FN2. The first kappa shape index (κ1) is 7.95. The Labute approximate surface area is 61.2 Å². The number of piperidine rings is 1. The minimum atomic E-state index is -0.811. The van der Waals surface area contributed by atoms with E-state index < -0.39 is 6.17 Å². The molecule has 0 radical (unpaired) electrons. The average molecular weight is 146 g/mol. The van der Waals surface area contributed by atoms with Crippen molar-refractivity contribution in [2.75, 3.05) is 19.6 Å². The number of halogens is 1. The highest BCUT2D eigenvalue weighted by Gasteiger charge is 2.24. The van der Waals surface area contributed by atoms with Crippen LogP contribution in [-0.4, -0.2) is 36.7 Å². The van der Waals surface area contributed by atoms with Gasteiger partial charge in [0.05, 0.1) is 0 Å². The second-order valence-corrected chi connectivity index (χ2v) is 2.86. The van der Waals surface area contributed by atoms with Gasteiger partial charge in [-0.2, -0.15) is 0 Å². The van der Waals surface area contributed by atoms with Crippen LogP contribution in [0.1, 0.15) is 13.3 Å². The number of rotatable bonds is 1. The molecule has 0 aromatic heterocycles. The molecule has 1 saturated heterocycles. The summed E-state index contributed by atoms with van der Waals surface area (Å²) < 4.78 is 12.8. The summed E-state index contributed by atoms with van der Waals surface area (Å²) in [7, 11) is 0. The predicted molar refractivity (Wildman–Crippen MR) is 39.6 cm³/mol. The van der Waals surface area contributed by atoms with Crippen LogP contribution in [0.3, 0.4) is 0 Å². The quantitative estimate of drug-likeness (QED) is 0.579. The van der Waals surface area contributed by atoms with Crippen LogP contribution >= 0.6 is 0 Å². The molecule has 0 aromatic carbocycles. The Balaban J connectivity index is 2.33. The van der Waals surface area contributed by atoms with Crippen molar-refractivity contribution in [2.45, 2.75) is 25.6 Å². The summed E-state index contributed by atoms with van der Waals surface area (Å²) in [6.45, 7) is 4.46. The summed E-state index contributed by atoms with van der Waals surface area (Å²) in [5.41, 5.74) is 5.49. The number of likely N-dealkylation sites (tertiary alicyclic amines) is 1. The lowest BCUT2D eigenvalue weighted by Gasteiger charge is -2.31. The number of alkyl halides is 1. The third-order valence-electron chi connectivity index (χ3n) is 2.12. The van der Waals surface area contributed by atoms with Crippen LogP contribution in [0.2, 0.25) is 0 Å². The molecule has 0 saturated carbocycles. The van der Waals surface area contributed by atoms with E-state index >= 15 is 0 Å². The SMILES string of the molecule is CCN1CC[C@H](N)[C@H](F)C1. The Morgan fingerprint density at radius 3 is 2.90 bits per heavy atom. The number of hydrogen-bond acceptors (Lipinski definition) is 2. The topological polar surface area (TPSA) is 29.3 Å². The molecule has 0 unspecified atom stereocenters. The van der Waals surface area contributed by atoms with Crippen molar-refractivity contribution < 1.29 is 4.39 Å². The highest BCUT2D eigenvalue weighted by molar-refractivity contribution is 4.81. The summed E-state index contributed by atoms with van der Waals surface area (Å²) in [5, 5.41) is 0. The monoisotopic (exact) mass is 146 g/mol. The van der Waals surface area contributed by atoms with Gasteiger partial charge in [0, 0.05) is 12.6 Å². The fourth-order valence-corrected chi connectivity index (χ4v) is 1.27. The van der Waals surface area contributed by atoms with E-state index in [4.69, 9.17) is 5.73 Å². The van der Waals surface area contributed by atoms with E-state index in [1.807, 2.05) is 6.92 Å². The van der Waals surface area contributed by atoms with Gasteiger partial charge in [-0.05, 0) is 19.5 Å². The maximum absolute atomic E-state index is 12.8. The largest absolute Gasteiger partial charge is 0.325 e. The first-order chi connectivity index (χ1) is 4.74. The van der Waals surface area contributed by atoms with Gasteiger partial charge in [0.1, 0.15) is 6.17 Å². The minimum absolute atomic E-state index is 0.220. The normalized spacial score (nSPS) is 36.3. The van der Waals surface area contributed by atoms with Crippen LogP contribution in [0.25, 0.3) is 0 Å². The smallest absolute Gasteiger partial charge is 0.128 e. The molecule has 1 aliphatic heterocycles. The Hall–Kier alpha value is -0.150. The van der Waals surface area contributed by atoms with Gasteiger partial charge < -0.3 is 10.6 Å². The standard InChI is InChI=1S/C7H15FN2/c1-2-10-4-3-7(9)6(8)5-10/h6-7H,2-5,9H2,1H3/t6-,7+/m1/s1. The molecule has 2 atom stereocenters. The van der Waals surface area contributed by atoms with E-state index in [9.17, 15) is 4.39 Å². The Morgan fingerprint density at radius 2 is 2.40 bits per heavy atom. The van der Waals surface area contributed by atoms with Crippen LogP contribution < -0.4 is 5.73 Å². The number of nitrogens with two attached hydrogens (primary N) is 1. The molecule has 0 amide bonds. The highest BCUT2D eigenvalue weighted by atomic mass is 19.1. The molecular weight excluding hydrogens is 131 g/mol. The zero-order valence-electron chi connectivity index (χ0n) is 6.39. The third-order valence-corrected chi connectivity index (χ3v) is 2.12. The summed E-state index contributed by atoms with van der Waals surface area (Å²) >= 11 is 0. The summed E-state index contributed by atoms with van der Waals surface area (Å²) in [4.78, 5) is 2.09. The van der Waals surface area contributed by atoms with Gasteiger partial charge in [-0.15, -0.1) is 0 Å². The minimum Gasteiger partial charge on any atom is -0.325 e. The van der Waals surface area contributed by atoms with Crippen molar-refractivity contribution in [1.29, 1.82) is 0 Å². The second kappa shape index (κ2) is 3.30. The molecule has 0 aliphatic carbocycles. The van der Waals surface area contributed by atoms with Crippen molar-refractivity contribution in [1.82, 2.24) is 4.90 Å². The number of nitrogens with zero attached hydrogens (tertiary/aromatic N) is 1. The van der Waals surface area contributed by atoms with Crippen molar-refractivity contribution >= 4 is 0 Å². The lowest BCUT2D eigenvalue weighted by atomic mass is 10.0. The molecule has 1 fully saturated rings. The predicted octanol–water partition coefficient (Wildman–Crippen LogP) is 0.377. The highest BCUT2D eigenvalue weighted by Crippen LogP contribution is 2.11. The lowest BCUT2D eigenvalue weighted by Crippen LogP contribution is -2.48. The van der Waals surface area contributed by atoms with E-state index in [-0.39, 0.29) is 6.04 Å². The Morgan fingerprint density at radius 1 is 1.70 bits per heavy atom. The van der Waals surface area contributed by atoms with E-state index in [1.54, 1.807) is 0 Å². The maximum atomic E-state index is 12.8. The fraction of sp³-hybridized carbons (Fsp3) is 1.00. The Bertz CT molecular complexity index is 108. The Kier molecular flexibility index (Phi) is 2.63. The number of hydrogen-bond donors (Lipinski definition) is 1. The zero-order chi connectivity index (χ0) is 7.56.